The number of benzene rings is 2. The number of carbonyl (C=O) groups is 2. The Morgan fingerprint density at radius 2 is 1.54 bits per heavy atom. The van der Waals surface area contributed by atoms with E-state index in [1.54, 1.807) is 31.2 Å². The van der Waals surface area contributed by atoms with E-state index in [0.717, 1.165) is 12.0 Å². The molecule has 0 atom stereocenters. The van der Waals surface area contributed by atoms with Gasteiger partial charge >= 0.3 is 0 Å². The summed E-state index contributed by atoms with van der Waals surface area (Å²) in [6.45, 7) is 3.81. The van der Waals surface area contributed by atoms with Crippen molar-refractivity contribution in [2.45, 2.75) is 26.7 Å². The van der Waals surface area contributed by atoms with Gasteiger partial charge in [0.2, 0.25) is 5.91 Å². The third-order valence-electron chi connectivity index (χ3n) is 3.45. The first-order valence-electron chi connectivity index (χ1n) is 8.02. The van der Waals surface area contributed by atoms with E-state index in [2.05, 4.69) is 17.6 Å². The average molecular weight is 326 g/mol. The van der Waals surface area contributed by atoms with Gasteiger partial charge in [0.1, 0.15) is 5.75 Å². The van der Waals surface area contributed by atoms with E-state index in [1.807, 2.05) is 24.3 Å². The van der Waals surface area contributed by atoms with Crippen LogP contribution in [0.1, 0.15) is 25.8 Å². The second-order valence-electron chi connectivity index (χ2n) is 5.32. The molecule has 5 nitrogen and oxygen atoms in total. The summed E-state index contributed by atoms with van der Waals surface area (Å²) in [5, 5.41) is 5.51. The molecule has 0 heterocycles. The van der Waals surface area contributed by atoms with E-state index >= 15 is 0 Å². The number of carbonyl (C=O) groups excluding carboxylic acids is 2. The lowest BCUT2D eigenvalue weighted by molar-refractivity contribution is -0.118. The SMILES string of the molecule is CCC(=O)Nc1ccc(NC(=O)COc2cccc(CC)c2)cc1. The summed E-state index contributed by atoms with van der Waals surface area (Å²) in [6.07, 6.45) is 1.35. The monoisotopic (exact) mass is 326 g/mol. The van der Waals surface area contributed by atoms with Crippen molar-refractivity contribution in [1.82, 2.24) is 0 Å². The Hall–Kier alpha value is -2.82. The normalized spacial score (nSPS) is 10.1. The number of amides is 2. The minimum atomic E-state index is -0.234. The molecule has 5 heteroatoms. The molecule has 0 radical (unpaired) electrons. The summed E-state index contributed by atoms with van der Waals surface area (Å²) >= 11 is 0. The molecule has 0 aliphatic heterocycles. The highest BCUT2D eigenvalue weighted by atomic mass is 16.5. The zero-order valence-electron chi connectivity index (χ0n) is 14.0. The fourth-order valence-corrected chi connectivity index (χ4v) is 2.09. The molecule has 0 aliphatic carbocycles. The van der Waals surface area contributed by atoms with Crippen molar-refractivity contribution in [3.05, 3.63) is 54.1 Å². The van der Waals surface area contributed by atoms with Crippen LogP contribution in [-0.2, 0) is 16.0 Å². The van der Waals surface area contributed by atoms with Crippen molar-refractivity contribution >= 4 is 23.2 Å². The molecule has 0 fully saturated rings. The predicted octanol–water partition coefficient (Wildman–Crippen LogP) is 3.62. The molecule has 0 spiro atoms. The number of hydrogen-bond donors (Lipinski definition) is 2. The second kappa shape index (κ2) is 8.72. The Morgan fingerprint density at radius 1 is 0.917 bits per heavy atom. The fraction of sp³-hybridized carbons (Fsp3) is 0.263. The molecule has 0 bridgehead atoms. The van der Waals surface area contributed by atoms with Crippen molar-refractivity contribution in [2.24, 2.45) is 0 Å². The van der Waals surface area contributed by atoms with Crippen LogP contribution in [0.2, 0.25) is 0 Å². The zero-order valence-corrected chi connectivity index (χ0v) is 14.0. The smallest absolute Gasteiger partial charge is 0.262 e. The standard InChI is InChI=1S/C19H22N2O3/c1-3-14-6-5-7-17(12-14)24-13-19(23)21-16-10-8-15(9-11-16)20-18(22)4-2/h5-12H,3-4,13H2,1-2H3,(H,20,22)(H,21,23). The molecule has 0 aliphatic rings. The summed E-state index contributed by atoms with van der Waals surface area (Å²) in [4.78, 5) is 23.3. The fourth-order valence-electron chi connectivity index (χ4n) is 2.09. The van der Waals surface area contributed by atoms with Gasteiger partial charge < -0.3 is 15.4 Å². The van der Waals surface area contributed by atoms with Crippen molar-refractivity contribution in [1.29, 1.82) is 0 Å². The van der Waals surface area contributed by atoms with Crippen LogP contribution in [0, 0.1) is 0 Å². The Bertz CT molecular complexity index is 696. The minimum Gasteiger partial charge on any atom is -0.484 e. The third-order valence-corrected chi connectivity index (χ3v) is 3.45. The van der Waals surface area contributed by atoms with Crippen LogP contribution in [0.3, 0.4) is 0 Å². The van der Waals surface area contributed by atoms with Crippen LogP contribution in [0.25, 0.3) is 0 Å². The third kappa shape index (κ3) is 5.43. The maximum atomic E-state index is 11.9. The van der Waals surface area contributed by atoms with Crippen LogP contribution in [0.4, 0.5) is 11.4 Å². The van der Waals surface area contributed by atoms with Crippen LogP contribution in [-0.4, -0.2) is 18.4 Å². The summed E-state index contributed by atoms with van der Waals surface area (Å²) < 4.78 is 5.50. The van der Waals surface area contributed by atoms with Crippen molar-refractivity contribution < 1.29 is 14.3 Å². The Kier molecular flexibility index (Phi) is 6.37. The molecule has 2 amide bonds. The summed E-state index contributed by atoms with van der Waals surface area (Å²) in [5.74, 6) is 0.402. The molecular weight excluding hydrogens is 304 g/mol. The molecule has 0 saturated carbocycles. The number of nitrogens with one attached hydrogen (secondary N) is 2. The van der Waals surface area contributed by atoms with Crippen LogP contribution in [0.15, 0.2) is 48.5 Å². The van der Waals surface area contributed by atoms with E-state index in [9.17, 15) is 9.59 Å². The van der Waals surface area contributed by atoms with E-state index in [0.29, 0.717) is 23.5 Å². The average Bonchev–Trinajstić information content (AvgIpc) is 2.61. The lowest BCUT2D eigenvalue weighted by Gasteiger charge is -2.09. The molecule has 126 valence electrons. The Morgan fingerprint density at radius 3 is 2.12 bits per heavy atom. The van der Waals surface area contributed by atoms with Crippen molar-refractivity contribution in [3.8, 4) is 5.75 Å². The number of rotatable bonds is 7. The van der Waals surface area contributed by atoms with Crippen LogP contribution in [0.5, 0.6) is 5.75 Å². The van der Waals surface area contributed by atoms with Crippen molar-refractivity contribution in [3.63, 3.8) is 0 Å². The van der Waals surface area contributed by atoms with Gasteiger partial charge in [0.25, 0.3) is 5.91 Å². The first kappa shape index (κ1) is 17.5. The molecule has 2 aromatic rings. The Labute approximate surface area is 142 Å². The van der Waals surface area contributed by atoms with Crippen LogP contribution < -0.4 is 15.4 Å². The number of hydrogen-bond acceptors (Lipinski definition) is 3. The lowest BCUT2D eigenvalue weighted by atomic mass is 10.2. The maximum Gasteiger partial charge on any atom is 0.262 e. The molecule has 2 N–H and O–H groups in total. The first-order chi connectivity index (χ1) is 11.6. The van der Waals surface area contributed by atoms with E-state index in [4.69, 9.17) is 4.74 Å². The van der Waals surface area contributed by atoms with Gasteiger partial charge in [0.15, 0.2) is 6.61 Å². The van der Waals surface area contributed by atoms with Crippen molar-refractivity contribution in [2.75, 3.05) is 17.2 Å². The molecule has 0 aromatic heterocycles. The quantitative estimate of drug-likeness (QED) is 0.816. The predicted molar refractivity (Wildman–Crippen MR) is 95.3 cm³/mol. The van der Waals surface area contributed by atoms with Gasteiger partial charge in [-0.25, -0.2) is 0 Å². The molecule has 2 rings (SSSR count). The van der Waals surface area contributed by atoms with Gasteiger partial charge in [-0.2, -0.15) is 0 Å². The lowest BCUT2D eigenvalue weighted by Crippen LogP contribution is -2.20. The highest BCUT2D eigenvalue weighted by Crippen LogP contribution is 2.15. The van der Waals surface area contributed by atoms with E-state index < -0.39 is 0 Å². The largest absolute Gasteiger partial charge is 0.484 e. The van der Waals surface area contributed by atoms with Gasteiger partial charge in [0.05, 0.1) is 0 Å². The summed E-state index contributed by atoms with van der Waals surface area (Å²) in [7, 11) is 0. The van der Waals surface area contributed by atoms with Gasteiger partial charge in [0, 0.05) is 17.8 Å². The van der Waals surface area contributed by atoms with Gasteiger partial charge in [-0.1, -0.05) is 26.0 Å². The number of anilines is 2. The molecule has 0 unspecified atom stereocenters. The highest BCUT2D eigenvalue weighted by Gasteiger charge is 2.05. The molecular formula is C19H22N2O3. The maximum absolute atomic E-state index is 11.9. The minimum absolute atomic E-state index is 0.0468. The van der Waals surface area contributed by atoms with E-state index in [-0.39, 0.29) is 18.4 Å². The second-order valence-corrected chi connectivity index (χ2v) is 5.32. The topological polar surface area (TPSA) is 67.4 Å². The zero-order chi connectivity index (χ0) is 17.4. The summed E-state index contributed by atoms with van der Waals surface area (Å²) in [5.41, 5.74) is 2.52. The highest BCUT2D eigenvalue weighted by molar-refractivity contribution is 5.93. The van der Waals surface area contributed by atoms with Crippen LogP contribution >= 0.6 is 0 Å². The molecule has 0 saturated heterocycles. The molecule has 24 heavy (non-hydrogen) atoms. The molecule has 2 aromatic carbocycles. The summed E-state index contributed by atoms with van der Waals surface area (Å²) in [6, 6.07) is 14.7. The van der Waals surface area contributed by atoms with Gasteiger partial charge in [-0.15, -0.1) is 0 Å². The Balaban J connectivity index is 1.84. The van der Waals surface area contributed by atoms with Gasteiger partial charge in [-0.3, -0.25) is 9.59 Å². The van der Waals surface area contributed by atoms with Gasteiger partial charge in [-0.05, 0) is 48.4 Å². The number of ether oxygens (including phenoxy) is 1. The first-order valence-corrected chi connectivity index (χ1v) is 8.02. The van der Waals surface area contributed by atoms with E-state index in [1.165, 1.54) is 0 Å². The number of aryl methyl sites for hydroxylation is 1.